The molecule has 2 N–H and O–H groups in total. The summed E-state index contributed by atoms with van der Waals surface area (Å²) in [5.74, 6) is -1.60. The minimum absolute atomic E-state index is 0.217. The number of carbonyl (C=O) groups is 1. The molecule has 1 aliphatic heterocycles. The lowest BCUT2D eigenvalue weighted by atomic mass is 9.99. The van der Waals surface area contributed by atoms with Crippen LogP contribution in [0, 0.1) is 5.82 Å². The molecule has 0 spiro atoms. The summed E-state index contributed by atoms with van der Waals surface area (Å²) in [6.07, 6.45) is -2.44. The predicted molar refractivity (Wildman–Crippen MR) is 108 cm³/mol. The van der Waals surface area contributed by atoms with Gasteiger partial charge in [0.15, 0.2) is 0 Å². The number of halogens is 4. The van der Waals surface area contributed by atoms with Gasteiger partial charge in [-0.2, -0.15) is 13.2 Å². The monoisotopic (exact) mass is 437 g/mol. The molecule has 2 aromatic carbocycles. The van der Waals surface area contributed by atoms with Gasteiger partial charge in [0.2, 0.25) is 0 Å². The Hall–Kier alpha value is -2.48. The van der Waals surface area contributed by atoms with Gasteiger partial charge in [-0.1, -0.05) is 17.8 Å². The van der Waals surface area contributed by atoms with Gasteiger partial charge in [0.05, 0.1) is 16.5 Å². The highest BCUT2D eigenvalue weighted by Crippen LogP contribution is 2.45. The van der Waals surface area contributed by atoms with E-state index in [2.05, 4.69) is 5.32 Å². The largest absolute Gasteiger partial charge is 0.478 e. The molecule has 3 nitrogen and oxygen atoms in total. The molecule has 0 radical (unpaired) electrons. The number of carboxylic acid groups (broad SMARTS) is 1. The van der Waals surface area contributed by atoms with Crippen molar-refractivity contribution in [3.05, 3.63) is 75.7 Å². The van der Waals surface area contributed by atoms with Gasteiger partial charge >= 0.3 is 12.1 Å². The highest BCUT2D eigenvalue weighted by Gasteiger charge is 2.33. The first kappa shape index (κ1) is 20.8. The Balaban J connectivity index is 1.54. The minimum atomic E-state index is -4.60. The number of allylic oxidation sites excluding steroid dienone is 1. The molecular formula is C22H19F4NO2S. The maximum absolute atomic E-state index is 13.7. The lowest BCUT2D eigenvalue weighted by molar-refractivity contribution is -0.137. The third kappa shape index (κ3) is 4.33. The quantitative estimate of drug-likeness (QED) is 0.562. The van der Waals surface area contributed by atoms with E-state index in [0.29, 0.717) is 11.6 Å². The molecule has 1 aliphatic carbocycles. The van der Waals surface area contributed by atoms with Crippen LogP contribution >= 0.6 is 11.8 Å². The van der Waals surface area contributed by atoms with Crippen molar-refractivity contribution in [1.82, 2.24) is 5.32 Å². The summed E-state index contributed by atoms with van der Waals surface area (Å²) < 4.78 is 52.6. The smallest absolute Gasteiger partial charge is 0.416 e. The van der Waals surface area contributed by atoms with Crippen molar-refractivity contribution in [2.75, 3.05) is 0 Å². The molecule has 158 valence electrons. The second kappa shape index (κ2) is 7.65. The van der Waals surface area contributed by atoms with E-state index in [-0.39, 0.29) is 23.3 Å². The Morgan fingerprint density at radius 1 is 1.20 bits per heavy atom. The number of alkyl halides is 3. The number of hydrogen-bond acceptors (Lipinski definition) is 3. The summed E-state index contributed by atoms with van der Waals surface area (Å²) in [5.41, 5.74) is 2.15. The number of nitrogens with one attached hydrogen (secondary N) is 1. The van der Waals surface area contributed by atoms with Gasteiger partial charge in [-0.05, 0) is 72.7 Å². The molecule has 1 heterocycles. The zero-order valence-corrected chi connectivity index (χ0v) is 16.8. The SMILES string of the molecule is CC1=C(c2ccc(C(=O)O)c(C3CC3)c2)SC(Cc2cc(F)cc(C(F)(F)F)c2)N1. The molecular weight excluding hydrogens is 418 g/mol. The van der Waals surface area contributed by atoms with Crippen molar-refractivity contribution < 1.29 is 27.5 Å². The topological polar surface area (TPSA) is 49.3 Å². The highest BCUT2D eigenvalue weighted by molar-refractivity contribution is 8.09. The summed E-state index contributed by atoms with van der Waals surface area (Å²) in [6.45, 7) is 1.87. The van der Waals surface area contributed by atoms with E-state index < -0.39 is 23.5 Å². The molecule has 1 saturated carbocycles. The summed E-state index contributed by atoms with van der Waals surface area (Å²) in [4.78, 5) is 12.4. The van der Waals surface area contributed by atoms with Crippen molar-refractivity contribution in [3.63, 3.8) is 0 Å². The fraction of sp³-hybridized carbons (Fsp3) is 0.318. The lowest BCUT2D eigenvalue weighted by Crippen LogP contribution is -2.22. The molecule has 2 aliphatic rings. The Kier molecular flexibility index (Phi) is 5.30. The van der Waals surface area contributed by atoms with Crippen molar-refractivity contribution in [1.29, 1.82) is 0 Å². The predicted octanol–water partition coefficient (Wildman–Crippen LogP) is 6.01. The third-order valence-corrected chi connectivity index (χ3v) is 6.59. The molecule has 2 aromatic rings. The Labute approximate surface area is 175 Å². The van der Waals surface area contributed by atoms with Crippen LogP contribution in [0.15, 0.2) is 42.1 Å². The van der Waals surface area contributed by atoms with Crippen LogP contribution in [0.5, 0.6) is 0 Å². The normalized spacial score (nSPS) is 19.2. The Morgan fingerprint density at radius 2 is 1.93 bits per heavy atom. The number of carboxylic acids is 1. The molecule has 0 amide bonds. The van der Waals surface area contributed by atoms with Crippen molar-refractivity contribution in [2.24, 2.45) is 0 Å². The van der Waals surface area contributed by atoms with E-state index in [9.17, 15) is 27.5 Å². The number of hydrogen-bond donors (Lipinski definition) is 2. The standard InChI is InChI=1S/C22H19F4NO2S/c1-11-20(14-4-5-17(21(28)29)18(9-14)13-2-3-13)30-19(27-11)8-12-6-15(22(24,25)26)10-16(23)7-12/h4-7,9-10,13,19,27H,2-3,8H2,1H3,(H,28,29). The van der Waals surface area contributed by atoms with Crippen LogP contribution < -0.4 is 5.32 Å². The van der Waals surface area contributed by atoms with E-state index in [1.165, 1.54) is 11.8 Å². The fourth-order valence-electron chi connectivity index (χ4n) is 3.72. The third-order valence-electron chi connectivity index (χ3n) is 5.25. The van der Waals surface area contributed by atoms with E-state index in [1.807, 2.05) is 13.0 Å². The first-order chi connectivity index (χ1) is 14.1. The van der Waals surface area contributed by atoms with Gasteiger partial charge in [0, 0.05) is 17.0 Å². The summed E-state index contributed by atoms with van der Waals surface area (Å²) in [6, 6.07) is 7.87. The van der Waals surface area contributed by atoms with Gasteiger partial charge < -0.3 is 10.4 Å². The van der Waals surface area contributed by atoms with Crippen LogP contribution in [0.2, 0.25) is 0 Å². The van der Waals surface area contributed by atoms with Crippen LogP contribution in [0.25, 0.3) is 4.91 Å². The van der Waals surface area contributed by atoms with Gasteiger partial charge in [0.1, 0.15) is 5.82 Å². The molecule has 0 saturated heterocycles. The van der Waals surface area contributed by atoms with Gasteiger partial charge in [-0.3, -0.25) is 0 Å². The molecule has 1 atom stereocenters. The van der Waals surface area contributed by atoms with Crippen LogP contribution in [-0.2, 0) is 12.6 Å². The average Bonchev–Trinajstić information content (AvgIpc) is 3.43. The maximum Gasteiger partial charge on any atom is 0.416 e. The number of aromatic carboxylic acids is 1. The second-order valence-electron chi connectivity index (χ2n) is 7.64. The fourth-order valence-corrected chi connectivity index (χ4v) is 5.02. The van der Waals surface area contributed by atoms with E-state index in [0.717, 1.165) is 46.7 Å². The lowest BCUT2D eigenvalue weighted by Gasteiger charge is -2.14. The van der Waals surface area contributed by atoms with Gasteiger partial charge in [-0.15, -0.1) is 0 Å². The molecule has 1 unspecified atom stereocenters. The molecule has 0 bridgehead atoms. The second-order valence-corrected chi connectivity index (χ2v) is 8.85. The first-order valence-corrected chi connectivity index (χ1v) is 10.4. The maximum atomic E-state index is 13.7. The van der Waals surface area contributed by atoms with Crippen LogP contribution in [0.3, 0.4) is 0 Å². The van der Waals surface area contributed by atoms with Crippen molar-refractivity contribution >= 4 is 22.6 Å². The van der Waals surface area contributed by atoms with Crippen LogP contribution in [-0.4, -0.2) is 16.4 Å². The summed E-state index contributed by atoms with van der Waals surface area (Å²) >= 11 is 1.46. The van der Waals surface area contributed by atoms with Crippen molar-refractivity contribution in [2.45, 2.75) is 43.7 Å². The molecule has 0 aromatic heterocycles. The zero-order chi connectivity index (χ0) is 21.6. The number of thioether (sulfide) groups is 1. The molecule has 1 fully saturated rings. The van der Waals surface area contributed by atoms with Crippen molar-refractivity contribution in [3.8, 4) is 0 Å². The van der Waals surface area contributed by atoms with Crippen LogP contribution in [0.4, 0.5) is 17.6 Å². The van der Waals surface area contributed by atoms with E-state index >= 15 is 0 Å². The highest BCUT2D eigenvalue weighted by atomic mass is 32.2. The first-order valence-electron chi connectivity index (χ1n) is 9.50. The zero-order valence-electron chi connectivity index (χ0n) is 16.0. The number of benzene rings is 2. The van der Waals surface area contributed by atoms with Gasteiger partial charge in [-0.25, -0.2) is 9.18 Å². The minimum Gasteiger partial charge on any atom is -0.478 e. The summed E-state index contributed by atoms with van der Waals surface area (Å²) in [7, 11) is 0. The van der Waals surface area contributed by atoms with Gasteiger partial charge in [0.25, 0.3) is 0 Å². The molecule has 4 rings (SSSR count). The average molecular weight is 437 g/mol. The molecule has 8 heteroatoms. The van der Waals surface area contributed by atoms with E-state index in [1.54, 1.807) is 12.1 Å². The molecule has 30 heavy (non-hydrogen) atoms. The Morgan fingerprint density at radius 3 is 2.57 bits per heavy atom. The number of rotatable bonds is 5. The summed E-state index contributed by atoms with van der Waals surface area (Å²) in [5, 5.41) is 12.4. The Bertz CT molecular complexity index is 1040. The van der Waals surface area contributed by atoms with Crippen LogP contribution in [0.1, 0.15) is 58.3 Å². The van der Waals surface area contributed by atoms with E-state index in [4.69, 9.17) is 0 Å².